The Morgan fingerprint density at radius 1 is 1.09 bits per heavy atom. The summed E-state index contributed by atoms with van der Waals surface area (Å²) in [4.78, 5) is 23.1. The van der Waals surface area contributed by atoms with E-state index in [-0.39, 0.29) is 40.1 Å². The molecular weight excluding hydrogens is 448 g/mol. The monoisotopic (exact) mass is 465 g/mol. The summed E-state index contributed by atoms with van der Waals surface area (Å²) >= 11 is 0. The first-order valence-corrected chi connectivity index (χ1v) is 9.79. The van der Waals surface area contributed by atoms with Crippen LogP contribution in [0.15, 0.2) is 53.6 Å². The molecule has 1 atom stereocenters. The number of methoxy groups -OCH3 is 2. The average molecular weight is 465 g/mol. The Balaban J connectivity index is 1.85. The predicted octanol–water partition coefficient (Wildman–Crippen LogP) is 2.72. The van der Waals surface area contributed by atoms with Gasteiger partial charge in [0.05, 0.1) is 19.8 Å². The fourth-order valence-corrected chi connectivity index (χ4v) is 3.25. The minimum absolute atomic E-state index is 0.00551. The van der Waals surface area contributed by atoms with Crippen molar-refractivity contribution in [2.24, 2.45) is 0 Å². The van der Waals surface area contributed by atoms with E-state index in [9.17, 15) is 9.18 Å². The standard InChI is InChI=1S/C22H17F2N7O3/c1-33-17-9-14(16(24)10-18(17)34-2)19(28-13-5-4-12(11-25)15(23)8-13)20-29-22(32)31(30-20)21-26-6-3-7-27-21/h3-10,19,28H,1-2H3,(H,29,30,32). The molecule has 0 saturated carbocycles. The maximum atomic E-state index is 15.2. The molecule has 12 heteroatoms. The number of H-pyrrole nitrogens is 1. The van der Waals surface area contributed by atoms with Crippen molar-refractivity contribution in [3.05, 3.63) is 87.9 Å². The summed E-state index contributed by atoms with van der Waals surface area (Å²) in [5.74, 6) is -1.08. The molecule has 0 bridgehead atoms. The maximum absolute atomic E-state index is 15.2. The van der Waals surface area contributed by atoms with E-state index in [2.05, 4.69) is 25.4 Å². The number of halogens is 2. The van der Waals surface area contributed by atoms with E-state index in [0.717, 1.165) is 16.8 Å². The highest BCUT2D eigenvalue weighted by atomic mass is 19.1. The zero-order valence-corrected chi connectivity index (χ0v) is 17.9. The van der Waals surface area contributed by atoms with Crippen molar-refractivity contribution in [3.63, 3.8) is 0 Å². The zero-order valence-electron chi connectivity index (χ0n) is 17.9. The Labute approximate surface area is 191 Å². The molecule has 4 aromatic rings. The van der Waals surface area contributed by atoms with Gasteiger partial charge >= 0.3 is 5.69 Å². The van der Waals surface area contributed by atoms with E-state index in [1.807, 2.05) is 0 Å². The fraction of sp³-hybridized carbons (Fsp3) is 0.136. The number of nitrogens with zero attached hydrogens (tertiary/aromatic N) is 5. The predicted molar refractivity (Wildman–Crippen MR) is 116 cm³/mol. The van der Waals surface area contributed by atoms with Gasteiger partial charge in [-0.1, -0.05) is 0 Å². The van der Waals surface area contributed by atoms with Gasteiger partial charge in [-0.25, -0.2) is 23.5 Å². The Bertz CT molecular complexity index is 1430. The molecule has 0 aliphatic carbocycles. The smallest absolute Gasteiger partial charge is 0.350 e. The van der Waals surface area contributed by atoms with Crippen LogP contribution in [0.5, 0.6) is 11.5 Å². The third kappa shape index (κ3) is 4.26. The first-order valence-electron chi connectivity index (χ1n) is 9.79. The highest BCUT2D eigenvalue weighted by Crippen LogP contribution is 2.35. The summed E-state index contributed by atoms with van der Waals surface area (Å²) in [5, 5.41) is 16.2. The van der Waals surface area contributed by atoms with Crippen LogP contribution in [0.2, 0.25) is 0 Å². The van der Waals surface area contributed by atoms with E-state index in [0.29, 0.717) is 0 Å². The summed E-state index contributed by atoms with van der Waals surface area (Å²) in [7, 11) is 2.76. The van der Waals surface area contributed by atoms with Crippen LogP contribution in [0.4, 0.5) is 14.5 Å². The van der Waals surface area contributed by atoms with Crippen molar-refractivity contribution < 1.29 is 18.3 Å². The van der Waals surface area contributed by atoms with Crippen molar-refractivity contribution in [1.82, 2.24) is 24.7 Å². The number of hydrogen-bond donors (Lipinski definition) is 2. The molecule has 2 heterocycles. The normalized spacial score (nSPS) is 11.5. The summed E-state index contributed by atoms with van der Waals surface area (Å²) in [5.41, 5.74) is -0.586. The molecule has 0 radical (unpaired) electrons. The lowest BCUT2D eigenvalue weighted by Crippen LogP contribution is -2.18. The van der Waals surface area contributed by atoms with Gasteiger partial charge in [0.1, 0.15) is 23.7 Å². The van der Waals surface area contributed by atoms with Gasteiger partial charge in [-0.3, -0.25) is 4.98 Å². The Kier molecular flexibility index (Phi) is 6.18. The second kappa shape index (κ2) is 9.37. The second-order valence-corrected chi connectivity index (χ2v) is 6.89. The quantitative estimate of drug-likeness (QED) is 0.426. The van der Waals surface area contributed by atoms with Crippen molar-refractivity contribution in [2.45, 2.75) is 6.04 Å². The topological polar surface area (TPSA) is 131 Å². The first-order chi connectivity index (χ1) is 16.4. The number of nitrogens with one attached hydrogen (secondary N) is 2. The zero-order chi connectivity index (χ0) is 24.2. The number of ether oxygens (including phenoxy) is 2. The largest absolute Gasteiger partial charge is 0.493 e. The van der Waals surface area contributed by atoms with Crippen molar-refractivity contribution in [2.75, 3.05) is 19.5 Å². The van der Waals surface area contributed by atoms with Crippen LogP contribution in [0, 0.1) is 23.0 Å². The highest BCUT2D eigenvalue weighted by Gasteiger charge is 2.26. The molecule has 2 aromatic carbocycles. The van der Waals surface area contributed by atoms with E-state index in [4.69, 9.17) is 14.7 Å². The van der Waals surface area contributed by atoms with E-state index >= 15 is 4.39 Å². The van der Waals surface area contributed by atoms with E-state index in [1.165, 1.54) is 44.8 Å². The molecule has 0 amide bonds. The lowest BCUT2D eigenvalue weighted by molar-refractivity contribution is 0.351. The van der Waals surface area contributed by atoms with Crippen LogP contribution >= 0.6 is 0 Å². The van der Waals surface area contributed by atoms with Gasteiger partial charge in [0.15, 0.2) is 17.3 Å². The number of rotatable bonds is 7. The van der Waals surface area contributed by atoms with E-state index < -0.39 is 23.4 Å². The summed E-state index contributed by atoms with van der Waals surface area (Å²) in [6, 6.07) is 8.51. The number of aromatic nitrogens is 5. The molecule has 0 fully saturated rings. The molecule has 34 heavy (non-hydrogen) atoms. The van der Waals surface area contributed by atoms with Gasteiger partial charge in [0.2, 0.25) is 0 Å². The summed E-state index contributed by atoms with van der Waals surface area (Å²) < 4.78 is 40.7. The molecule has 4 rings (SSSR count). The number of benzene rings is 2. The fourth-order valence-electron chi connectivity index (χ4n) is 3.25. The maximum Gasteiger partial charge on any atom is 0.350 e. The van der Waals surface area contributed by atoms with Crippen LogP contribution in [0.3, 0.4) is 0 Å². The number of hydrogen-bond acceptors (Lipinski definition) is 8. The Morgan fingerprint density at radius 3 is 2.44 bits per heavy atom. The lowest BCUT2D eigenvalue weighted by atomic mass is 10.0. The molecule has 10 nitrogen and oxygen atoms in total. The minimum Gasteiger partial charge on any atom is -0.493 e. The van der Waals surface area contributed by atoms with Crippen LogP contribution in [-0.4, -0.2) is 39.0 Å². The molecule has 0 aliphatic rings. The summed E-state index contributed by atoms with van der Waals surface area (Å²) in [6.07, 6.45) is 2.87. The molecule has 0 saturated heterocycles. The molecule has 172 valence electrons. The minimum atomic E-state index is -1.11. The van der Waals surface area contributed by atoms with E-state index in [1.54, 1.807) is 12.1 Å². The van der Waals surface area contributed by atoms with Crippen molar-refractivity contribution >= 4 is 5.69 Å². The van der Waals surface area contributed by atoms with Gasteiger partial charge < -0.3 is 14.8 Å². The van der Waals surface area contributed by atoms with Crippen LogP contribution in [-0.2, 0) is 0 Å². The Hall–Kier alpha value is -4.79. The van der Waals surface area contributed by atoms with Crippen molar-refractivity contribution in [3.8, 4) is 23.5 Å². The first kappa shape index (κ1) is 22.4. The van der Waals surface area contributed by atoms with Gasteiger partial charge in [-0.2, -0.15) is 5.26 Å². The molecular formula is C22H17F2N7O3. The molecule has 0 aliphatic heterocycles. The molecule has 1 unspecified atom stereocenters. The molecule has 0 spiro atoms. The Morgan fingerprint density at radius 2 is 1.79 bits per heavy atom. The van der Waals surface area contributed by atoms with Gasteiger partial charge in [0, 0.05) is 29.7 Å². The van der Waals surface area contributed by atoms with Gasteiger partial charge in [-0.15, -0.1) is 9.78 Å². The van der Waals surface area contributed by atoms with Gasteiger partial charge in [0.25, 0.3) is 5.95 Å². The van der Waals surface area contributed by atoms with Crippen molar-refractivity contribution in [1.29, 1.82) is 5.26 Å². The van der Waals surface area contributed by atoms with Crippen LogP contribution in [0.1, 0.15) is 23.0 Å². The van der Waals surface area contributed by atoms with Gasteiger partial charge in [-0.05, 0) is 30.3 Å². The number of nitriles is 1. The SMILES string of the molecule is COc1cc(F)c(C(Nc2ccc(C#N)c(F)c2)c2nn(-c3ncccn3)c(=O)[nH]2)cc1OC. The molecule has 2 N–H and O–H groups in total. The van der Waals surface area contributed by atoms with Crippen LogP contribution < -0.4 is 20.5 Å². The summed E-state index contributed by atoms with van der Waals surface area (Å²) in [6.45, 7) is 0. The molecule has 2 aromatic heterocycles. The number of anilines is 1. The second-order valence-electron chi connectivity index (χ2n) is 6.89. The average Bonchev–Trinajstić information content (AvgIpc) is 3.24. The highest BCUT2D eigenvalue weighted by molar-refractivity contribution is 5.53. The van der Waals surface area contributed by atoms with Crippen LogP contribution in [0.25, 0.3) is 5.95 Å². The lowest BCUT2D eigenvalue weighted by Gasteiger charge is -2.20. The third-order valence-corrected chi connectivity index (χ3v) is 4.86. The number of aromatic amines is 1. The third-order valence-electron chi connectivity index (χ3n) is 4.86.